The van der Waals surface area contributed by atoms with Gasteiger partial charge in [-0.25, -0.2) is 4.79 Å². The second-order valence-corrected chi connectivity index (χ2v) is 5.40. The zero-order chi connectivity index (χ0) is 13.2. The van der Waals surface area contributed by atoms with Crippen LogP contribution >= 0.6 is 0 Å². The smallest absolute Gasteiger partial charge is 0.307 e. The third-order valence-electron chi connectivity index (χ3n) is 4.05. The third-order valence-corrected chi connectivity index (χ3v) is 4.05. The van der Waals surface area contributed by atoms with E-state index in [0.717, 1.165) is 12.8 Å². The van der Waals surface area contributed by atoms with E-state index in [0.29, 0.717) is 23.4 Å². The van der Waals surface area contributed by atoms with Gasteiger partial charge in [-0.15, -0.1) is 0 Å². The van der Waals surface area contributed by atoms with E-state index >= 15 is 0 Å². The van der Waals surface area contributed by atoms with Crippen LogP contribution in [0, 0.1) is 5.92 Å². The minimum Gasteiger partial charge on any atom is -0.307 e. The molecule has 0 atom stereocenters. The highest BCUT2D eigenvalue weighted by Gasteiger charge is 2.16. The van der Waals surface area contributed by atoms with Crippen LogP contribution in [0.15, 0.2) is 33.9 Å². The molecule has 1 heterocycles. The van der Waals surface area contributed by atoms with Crippen LogP contribution in [-0.4, -0.2) is 9.55 Å². The highest BCUT2D eigenvalue weighted by atomic mass is 16.2. The van der Waals surface area contributed by atoms with Gasteiger partial charge < -0.3 is 4.98 Å². The molecule has 100 valence electrons. The van der Waals surface area contributed by atoms with E-state index in [9.17, 15) is 9.59 Å². The lowest BCUT2D eigenvalue weighted by atomic mass is 9.89. The van der Waals surface area contributed by atoms with Gasteiger partial charge in [0, 0.05) is 6.54 Å². The van der Waals surface area contributed by atoms with Crippen molar-refractivity contribution in [1.29, 1.82) is 0 Å². The molecule has 19 heavy (non-hydrogen) atoms. The molecule has 0 spiro atoms. The van der Waals surface area contributed by atoms with Crippen molar-refractivity contribution in [2.75, 3.05) is 0 Å². The molecule has 0 radical (unpaired) electrons. The maximum Gasteiger partial charge on any atom is 0.328 e. The summed E-state index contributed by atoms with van der Waals surface area (Å²) >= 11 is 0. The minimum absolute atomic E-state index is 0.162. The molecular formula is C15H18N2O2. The molecule has 0 saturated heterocycles. The maximum absolute atomic E-state index is 12.4. The average Bonchev–Trinajstić information content (AvgIpc) is 2.45. The number of para-hydroxylation sites is 1. The zero-order valence-electron chi connectivity index (χ0n) is 10.9. The van der Waals surface area contributed by atoms with Crippen LogP contribution in [-0.2, 0) is 6.54 Å². The highest BCUT2D eigenvalue weighted by molar-refractivity contribution is 5.76. The highest BCUT2D eigenvalue weighted by Crippen LogP contribution is 2.24. The van der Waals surface area contributed by atoms with Gasteiger partial charge in [-0.3, -0.25) is 9.36 Å². The number of H-pyrrole nitrogens is 1. The molecule has 1 aliphatic carbocycles. The molecule has 0 bridgehead atoms. The number of hydrogen-bond acceptors (Lipinski definition) is 2. The summed E-state index contributed by atoms with van der Waals surface area (Å²) in [5.41, 5.74) is 0.177. The van der Waals surface area contributed by atoms with Gasteiger partial charge in [-0.05, 0) is 30.9 Å². The minimum atomic E-state index is -0.283. The normalized spacial score (nSPS) is 16.8. The van der Waals surface area contributed by atoms with E-state index in [4.69, 9.17) is 0 Å². The monoisotopic (exact) mass is 258 g/mol. The number of hydrogen-bond donors (Lipinski definition) is 1. The summed E-state index contributed by atoms with van der Waals surface area (Å²) < 4.78 is 1.37. The Bertz CT molecular complexity index is 693. The van der Waals surface area contributed by atoms with Crippen molar-refractivity contribution in [2.45, 2.75) is 38.6 Å². The van der Waals surface area contributed by atoms with Gasteiger partial charge in [-0.1, -0.05) is 31.4 Å². The second kappa shape index (κ2) is 5.03. The lowest BCUT2D eigenvalue weighted by molar-refractivity contribution is 0.312. The first-order chi connectivity index (χ1) is 9.25. The Morgan fingerprint density at radius 3 is 2.63 bits per heavy atom. The summed E-state index contributed by atoms with van der Waals surface area (Å²) in [6.07, 6.45) is 5.95. The summed E-state index contributed by atoms with van der Waals surface area (Å²) in [6.45, 7) is 0.555. The Kier molecular flexibility index (Phi) is 3.23. The van der Waals surface area contributed by atoms with Gasteiger partial charge >= 0.3 is 5.69 Å². The Hall–Kier alpha value is -1.84. The Labute approximate surface area is 111 Å². The number of aromatic nitrogens is 2. The molecule has 1 aromatic carbocycles. The molecule has 1 aliphatic rings. The Morgan fingerprint density at radius 2 is 1.84 bits per heavy atom. The summed E-state index contributed by atoms with van der Waals surface area (Å²) in [4.78, 5) is 27.2. The molecule has 0 unspecified atom stereocenters. The first kappa shape index (κ1) is 12.2. The predicted molar refractivity (Wildman–Crippen MR) is 75.4 cm³/mol. The van der Waals surface area contributed by atoms with E-state index in [1.807, 2.05) is 12.1 Å². The first-order valence-corrected chi connectivity index (χ1v) is 6.97. The van der Waals surface area contributed by atoms with Crippen LogP contribution in [0.2, 0.25) is 0 Å². The molecule has 2 aromatic rings. The molecule has 1 saturated carbocycles. The Morgan fingerprint density at radius 1 is 1.11 bits per heavy atom. The van der Waals surface area contributed by atoms with E-state index in [1.54, 1.807) is 12.1 Å². The molecule has 4 heteroatoms. The molecule has 1 fully saturated rings. The second-order valence-electron chi connectivity index (χ2n) is 5.40. The van der Waals surface area contributed by atoms with Gasteiger partial charge in [-0.2, -0.15) is 0 Å². The summed E-state index contributed by atoms with van der Waals surface area (Å²) in [5.74, 6) is 0.466. The first-order valence-electron chi connectivity index (χ1n) is 6.97. The summed E-state index contributed by atoms with van der Waals surface area (Å²) in [5, 5.41) is 0.595. The van der Waals surface area contributed by atoms with Crippen LogP contribution in [0.3, 0.4) is 0 Å². The fraction of sp³-hybridized carbons (Fsp3) is 0.467. The van der Waals surface area contributed by atoms with Gasteiger partial charge in [0.25, 0.3) is 5.56 Å². The van der Waals surface area contributed by atoms with E-state index < -0.39 is 0 Å². The van der Waals surface area contributed by atoms with E-state index in [2.05, 4.69) is 4.98 Å². The predicted octanol–water partition coefficient (Wildman–Crippen LogP) is 2.27. The van der Waals surface area contributed by atoms with Crippen molar-refractivity contribution in [3.8, 4) is 0 Å². The van der Waals surface area contributed by atoms with Crippen molar-refractivity contribution < 1.29 is 0 Å². The number of rotatable bonds is 2. The van der Waals surface area contributed by atoms with Gasteiger partial charge in [0.05, 0.1) is 10.9 Å². The quantitative estimate of drug-likeness (QED) is 0.898. The van der Waals surface area contributed by atoms with E-state index in [-0.39, 0.29) is 11.2 Å². The summed E-state index contributed by atoms with van der Waals surface area (Å²) in [6, 6.07) is 7.18. The number of aromatic amines is 1. The number of nitrogens with one attached hydrogen (secondary N) is 1. The maximum atomic E-state index is 12.4. The fourth-order valence-corrected chi connectivity index (χ4v) is 2.99. The van der Waals surface area contributed by atoms with Crippen LogP contribution < -0.4 is 11.2 Å². The zero-order valence-corrected chi connectivity index (χ0v) is 10.9. The Balaban J connectivity index is 2.03. The molecule has 4 nitrogen and oxygen atoms in total. The lowest BCUT2D eigenvalue weighted by Crippen LogP contribution is -2.37. The largest absolute Gasteiger partial charge is 0.328 e. The molecule has 0 aliphatic heterocycles. The van der Waals surface area contributed by atoms with E-state index in [1.165, 1.54) is 23.8 Å². The topological polar surface area (TPSA) is 54.9 Å². The van der Waals surface area contributed by atoms with Crippen molar-refractivity contribution in [3.63, 3.8) is 0 Å². The number of benzene rings is 1. The lowest BCUT2D eigenvalue weighted by Gasteiger charge is -2.21. The molecular weight excluding hydrogens is 240 g/mol. The van der Waals surface area contributed by atoms with Gasteiger partial charge in [0.1, 0.15) is 0 Å². The molecule has 0 amide bonds. The third kappa shape index (κ3) is 2.35. The van der Waals surface area contributed by atoms with Gasteiger partial charge in [0.15, 0.2) is 0 Å². The van der Waals surface area contributed by atoms with Crippen LogP contribution in [0.5, 0.6) is 0 Å². The number of nitrogens with zero attached hydrogens (tertiary/aromatic N) is 1. The van der Waals surface area contributed by atoms with Crippen LogP contribution in [0.25, 0.3) is 10.9 Å². The van der Waals surface area contributed by atoms with Crippen molar-refractivity contribution in [2.24, 2.45) is 5.92 Å². The molecule has 1 aromatic heterocycles. The molecule has 1 N–H and O–H groups in total. The summed E-state index contributed by atoms with van der Waals surface area (Å²) in [7, 11) is 0. The van der Waals surface area contributed by atoms with Crippen LogP contribution in [0.4, 0.5) is 0 Å². The van der Waals surface area contributed by atoms with Crippen molar-refractivity contribution in [3.05, 3.63) is 45.1 Å². The fourth-order valence-electron chi connectivity index (χ4n) is 2.99. The van der Waals surface area contributed by atoms with Crippen LogP contribution in [0.1, 0.15) is 32.1 Å². The van der Waals surface area contributed by atoms with Gasteiger partial charge in [0.2, 0.25) is 0 Å². The van der Waals surface area contributed by atoms with Crippen molar-refractivity contribution >= 4 is 10.9 Å². The number of fused-ring (bicyclic) bond motifs is 1. The average molecular weight is 258 g/mol. The van der Waals surface area contributed by atoms with Crippen molar-refractivity contribution in [1.82, 2.24) is 9.55 Å². The standard InChI is InChI=1S/C15H18N2O2/c18-14-12-8-4-5-9-13(12)16-15(19)17(14)10-11-6-2-1-3-7-11/h4-5,8-9,11H,1-3,6-7,10H2,(H,16,19). The SMILES string of the molecule is O=c1[nH]c2ccccc2c(=O)n1CC1CCCCC1. The molecule has 3 rings (SSSR count).